The van der Waals surface area contributed by atoms with Crippen LogP contribution in [0.25, 0.3) is 0 Å². The Labute approximate surface area is 142 Å². The van der Waals surface area contributed by atoms with Crippen molar-refractivity contribution in [3.63, 3.8) is 0 Å². The standard InChI is InChI=1S/C16H18Br2N2O/c1-11(19)8-13-9-14(17)16(15(18)10-13)21-7-4-12-2-5-20-6-3-12/h2-3,5-6,9-11H,4,7-8,19H2,1H3. The van der Waals surface area contributed by atoms with E-state index in [0.29, 0.717) is 6.61 Å². The van der Waals surface area contributed by atoms with E-state index in [1.165, 1.54) is 11.1 Å². The van der Waals surface area contributed by atoms with Crippen molar-refractivity contribution < 1.29 is 4.74 Å². The zero-order chi connectivity index (χ0) is 15.2. The summed E-state index contributed by atoms with van der Waals surface area (Å²) in [6, 6.07) is 8.27. The number of benzene rings is 1. The maximum Gasteiger partial charge on any atom is 0.147 e. The Bertz CT molecular complexity index is 565. The van der Waals surface area contributed by atoms with Crippen LogP contribution >= 0.6 is 31.9 Å². The molecule has 1 unspecified atom stereocenters. The molecule has 0 aliphatic rings. The summed E-state index contributed by atoms with van der Waals surface area (Å²) in [4.78, 5) is 4.01. The van der Waals surface area contributed by atoms with Crippen LogP contribution in [0.1, 0.15) is 18.1 Å². The summed E-state index contributed by atoms with van der Waals surface area (Å²) >= 11 is 7.14. The molecule has 0 bridgehead atoms. The van der Waals surface area contributed by atoms with Gasteiger partial charge in [-0.1, -0.05) is 0 Å². The second kappa shape index (κ2) is 7.92. The summed E-state index contributed by atoms with van der Waals surface area (Å²) in [6.07, 6.45) is 5.28. The van der Waals surface area contributed by atoms with E-state index in [1.807, 2.05) is 19.1 Å². The lowest BCUT2D eigenvalue weighted by Crippen LogP contribution is -2.17. The fourth-order valence-corrected chi connectivity index (χ4v) is 3.57. The first-order chi connectivity index (χ1) is 10.1. The summed E-state index contributed by atoms with van der Waals surface area (Å²) in [5.74, 6) is 0.831. The lowest BCUT2D eigenvalue weighted by atomic mass is 10.1. The van der Waals surface area contributed by atoms with Gasteiger partial charge in [-0.3, -0.25) is 4.98 Å². The van der Waals surface area contributed by atoms with Crippen LogP contribution in [0.5, 0.6) is 5.75 Å². The first-order valence-electron chi connectivity index (χ1n) is 6.81. The third-order valence-electron chi connectivity index (χ3n) is 3.00. The van der Waals surface area contributed by atoms with Crippen molar-refractivity contribution in [1.29, 1.82) is 0 Å². The number of hydrogen-bond donors (Lipinski definition) is 1. The molecular weight excluding hydrogens is 396 g/mol. The van der Waals surface area contributed by atoms with Gasteiger partial charge >= 0.3 is 0 Å². The van der Waals surface area contributed by atoms with E-state index in [0.717, 1.165) is 27.5 Å². The lowest BCUT2D eigenvalue weighted by Gasteiger charge is -2.13. The minimum absolute atomic E-state index is 0.141. The number of nitrogens with zero attached hydrogens (tertiary/aromatic N) is 1. The first kappa shape index (κ1) is 16.5. The molecule has 0 aliphatic heterocycles. The van der Waals surface area contributed by atoms with Gasteiger partial charge in [-0.15, -0.1) is 0 Å². The van der Waals surface area contributed by atoms with Crippen molar-refractivity contribution in [1.82, 2.24) is 4.98 Å². The van der Waals surface area contributed by atoms with Crippen molar-refractivity contribution >= 4 is 31.9 Å². The zero-order valence-corrected chi connectivity index (χ0v) is 15.0. The van der Waals surface area contributed by atoms with Gasteiger partial charge in [0.05, 0.1) is 15.6 Å². The Hall–Kier alpha value is -0.910. The van der Waals surface area contributed by atoms with Crippen molar-refractivity contribution in [2.24, 2.45) is 5.73 Å². The molecule has 2 aromatic rings. The zero-order valence-electron chi connectivity index (χ0n) is 11.9. The molecule has 21 heavy (non-hydrogen) atoms. The van der Waals surface area contributed by atoms with Crippen LogP contribution in [0.2, 0.25) is 0 Å². The van der Waals surface area contributed by atoms with Crippen molar-refractivity contribution in [3.05, 3.63) is 56.7 Å². The van der Waals surface area contributed by atoms with Gasteiger partial charge in [0, 0.05) is 24.9 Å². The largest absolute Gasteiger partial charge is 0.491 e. The molecule has 1 atom stereocenters. The maximum atomic E-state index is 5.89. The number of pyridine rings is 1. The van der Waals surface area contributed by atoms with Gasteiger partial charge in [0.15, 0.2) is 0 Å². The van der Waals surface area contributed by atoms with Gasteiger partial charge in [0.1, 0.15) is 5.75 Å². The van der Waals surface area contributed by atoms with E-state index < -0.39 is 0 Å². The van der Waals surface area contributed by atoms with Crippen molar-refractivity contribution in [3.8, 4) is 5.75 Å². The molecule has 0 saturated heterocycles. The lowest BCUT2D eigenvalue weighted by molar-refractivity contribution is 0.318. The molecule has 0 amide bonds. The average molecular weight is 414 g/mol. The Morgan fingerprint density at radius 2 is 1.76 bits per heavy atom. The average Bonchev–Trinajstić information content (AvgIpc) is 2.42. The number of ether oxygens (including phenoxy) is 1. The monoisotopic (exact) mass is 412 g/mol. The molecule has 0 saturated carbocycles. The quantitative estimate of drug-likeness (QED) is 0.774. The van der Waals surface area contributed by atoms with Crippen molar-refractivity contribution in [2.75, 3.05) is 6.61 Å². The molecule has 0 aliphatic carbocycles. The number of hydrogen-bond acceptors (Lipinski definition) is 3. The van der Waals surface area contributed by atoms with E-state index in [9.17, 15) is 0 Å². The molecule has 1 heterocycles. The number of nitrogens with two attached hydrogens (primary N) is 1. The first-order valence-corrected chi connectivity index (χ1v) is 8.40. The summed E-state index contributed by atoms with van der Waals surface area (Å²) in [6.45, 7) is 2.62. The summed E-state index contributed by atoms with van der Waals surface area (Å²) in [5.41, 5.74) is 8.24. The highest BCUT2D eigenvalue weighted by atomic mass is 79.9. The van der Waals surface area contributed by atoms with Gasteiger partial charge in [0.2, 0.25) is 0 Å². The normalized spacial score (nSPS) is 12.2. The fourth-order valence-electron chi connectivity index (χ4n) is 2.06. The molecule has 5 heteroatoms. The van der Waals surface area contributed by atoms with Crippen LogP contribution in [0.15, 0.2) is 45.6 Å². The minimum atomic E-state index is 0.141. The molecule has 2 rings (SSSR count). The molecule has 0 spiro atoms. The fraction of sp³-hybridized carbons (Fsp3) is 0.312. The molecule has 0 fully saturated rings. The Morgan fingerprint density at radius 3 is 2.33 bits per heavy atom. The van der Waals surface area contributed by atoms with Crippen LogP contribution < -0.4 is 10.5 Å². The Morgan fingerprint density at radius 1 is 1.14 bits per heavy atom. The van der Waals surface area contributed by atoms with Crippen LogP contribution in [0, 0.1) is 0 Å². The summed E-state index contributed by atoms with van der Waals surface area (Å²) in [7, 11) is 0. The maximum absolute atomic E-state index is 5.89. The Balaban J connectivity index is 2.00. The van der Waals surface area contributed by atoms with Crippen LogP contribution in [-0.2, 0) is 12.8 Å². The van der Waals surface area contributed by atoms with Gasteiger partial charge < -0.3 is 10.5 Å². The van der Waals surface area contributed by atoms with Crippen LogP contribution in [0.4, 0.5) is 0 Å². The topological polar surface area (TPSA) is 48.1 Å². The molecule has 112 valence electrons. The van der Waals surface area contributed by atoms with Gasteiger partial charge in [0.25, 0.3) is 0 Å². The molecule has 0 radical (unpaired) electrons. The second-order valence-electron chi connectivity index (χ2n) is 5.02. The van der Waals surface area contributed by atoms with Crippen LogP contribution in [0.3, 0.4) is 0 Å². The van der Waals surface area contributed by atoms with E-state index in [2.05, 4.69) is 49.0 Å². The molecular formula is C16H18Br2N2O. The number of rotatable bonds is 6. The van der Waals surface area contributed by atoms with E-state index in [4.69, 9.17) is 10.5 Å². The third-order valence-corrected chi connectivity index (χ3v) is 4.18. The summed E-state index contributed by atoms with van der Waals surface area (Å²) < 4.78 is 7.78. The Kier molecular flexibility index (Phi) is 6.21. The SMILES string of the molecule is CC(N)Cc1cc(Br)c(OCCc2ccncc2)c(Br)c1. The highest BCUT2D eigenvalue weighted by Gasteiger charge is 2.10. The summed E-state index contributed by atoms with van der Waals surface area (Å²) in [5, 5.41) is 0. The van der Waals surface area contributed by atoms with E-state index in [1.54, 1.807) is 12.4 Å². The van der Waals surface area contributed by atoms with E-state index in [-0.39, 0.29) is 6.04 Å². The van der Waals surface area contributed by atoms with Crippen molar-refractivity contribution in [2.45, 2.75) is 25.8 Å². The predicted octanol–water partition coefficient (Wildman–Crippen LogP) is 4.12. The second-order valence-corrected chi connectivity index (χ2v) is 6.73. The smallest absolute Gasteiger partial charge is 0.147 e. The highest BCUT2D eigenvalue weighted by molar-refractivity contribution is 9.11. The van der Waals surface area contributed by atoms with Gasteiger partial charge in [-0.25, -0.2) is 0 Å². The number of halogens is 2. The van der Waals surface area contributed by atoms with E-state index >= 15 is 0 Å². The molecule has 1 aromatic carbocycles. The van der Waals surface area contributed by atoms with Crippen LogP contribution in [-0.4, -0.2) is 17.6 Å². The molecule has 1 aromatic heterocycles. The van der Waals surface area contributed by atoms with Gasteiger partial charge in [-0.05, 0) is 80.6 Å². The molecule has 2 N–H and O–H groups in total. The molecule has 3 nitrogen and oxygen atoms in total. The van der Waals surface area contributed by atoms with Gasteiger partial charge in [-0.2, -0.15) is 0 Å². The third kappa shape index (κ3) is 5.09. The minimum Gasteiger partial charge on any atom is -0.491 e. The predicted molar refractivity (Wildman–Crippen MR) is 92.6 cm³/mol. The number of aromatic nitrogens is 1. The highest BCUT2D eigenvalue weighted by Crippen LogP contribution is 2.35.